The Labute approximate surface area is 133 Å². The van der Waals surface area contributed by atoms with Crippen molar-refractivity contribution < 1.29 is 4.79 Å². The number of amides is 1. The second kappa shape index (κ2) is 6.31. The number of benzene rings is 1. The van der Waals surface area contributed by atoms with E-state index in [-0.39, 0.29) is 12.1 Å². The fraction of sp³-hybridized carbons (Fsp3) is 0.429. The summed E-state index contributed by atoms with van der Waals surface area (Å²) in [5.74, 6) is 0. The van der Waals surface area contributed by atoms with Crippen LogP contribution in [0.3, 0.4) is 0 Å². The predicted octanol–water partition coefficient (Wildman–Crippen LogP) is 2.17. The first-order valence-electron chi connectivity index (χ1n) is 6.97. The Hall–Kier alpha value is -2.15. The molecule has 0 saturated heterocycles. The van der Waals surface area contributed by atoms with Gasteiger partial charge in [-0.2, -0.15) is 4.68 Å². The summed E-state index contributed by atoms with van der Waals surface area (Å²) < 4.78 is 1.77. The van der Waals surface area contributed by atoms with Gasteiger partial charge in [0.15, 0.2) is 0 Å². The van der Waals surface area contributed by atoms with E-state index in [1.807, 2.05) is 27.7 Å². The maximum absolute atomic E-state index is 12.5. The van der Waals surface area contributed by atoms with Crippen molar-refractivity contribution >= 4 is 17.6 Å². The summed E-state index contributed by atoms with van der Waals surface area (Å²) >= 11 is 6.05. The van der Waals surface area contributed by atoms with Gasteiger partial charge in [-0.1, -0.05) is 23.7 Å². The van der Waals surface area contributed by atoms with Gasteiger partial charge in [-0.05, 0) is 50.3 Å². The Morgan fingerprint density at radius 2 is 1.73 bits per heavy atom. The summed E-state index contributed by atoms with van der Waals surface area (Å²) in [6.45, 7) is 7.51. The van der Waals surface area contributed by atoms with Crippen molar-refractivity contribution in [2.24, 2.45) is 0 Å². The summed E-state index contributed by atoms with van der Waals surface area (Å²) in [6.07, 6.45) is 0. The van der Waals surface area contributed by atoms with E-state index < -0.39 is 11.7 Å². The zero-order chi connectivity index (χ0) is 16.4. The van der Waals surface area contributed by atoms with Crippen molar-refractivity contribution in [3.8, 4) is 5.69 Å². The summed E-state index contributed by atoms with van der Waals surface area (Å²) in [5, 5.41) is 7.80. The Morgan fingerprint density at radius 1 is 1.14 bits per heavy atom. The molecule has 0 spiro atoms. The van der Waals surface area contributed by atoms with Crippen LogP contribution in [0.25, 0.3) is 5.69 Å². The molecule has 1 aromatic carbocycles. The topological polar surface area (TPSA) is 73.0 Å². The highest BCUT2D eigenvalue weighted by molar-refractivity contribution is 6.32. The molecule has 1 amide bonds. The van der Waals surface area contributed by atoms with Crippen molar-refractivity contribution in [2.75, 3.05) is 0 Å². The fourth-order valence-corrected chi connectivity index (χ4v) is 2.50. The van der Waals surface area contributed by atoms with Gasteiger partial charge in [-0.15, -0.1) is 4.68 Å². The molecule has 0 aliphatic carbocycles. The molecule has 1 aromatic heterocycles. The molecule has 0 N–H and O–H groups in total. The smallest absolute Gasteiger partial charge is 0.318 e. The molecule has 118 valence electrons. The Bertz CT molecular complexity index is 727. The Balaban J connectivity index is 2.46. The highest BCUT2D eigenvalue weighted by atomic mass is 35.5. The lowest BCUT2D eigenvalue weighted by molar-refractivity contribution is 0.162. The lowest BCUT2D eigenvalue weighted by atomic mass is 10.2. The zero-order valence-corrected chi connectivity index (χ0v) is 13.7. The van der Waals surface area contributed by atoms with Crippen LogP contribution in [0, 0.1) is 0 Å². The highest BCUT2D eigenvalue weighted by Crippen LogP contribution is 2.17. The maximum atomic E-state index is 12.5. The number of hydrogen-bond acceptors (Lipinski definition) is 4. The van der Waals surface area contributed by atoms with E-state index in [2.05, 4.69) is 10.4 Å². The molecule has 0 unspecified atom stereocenters. The first-order valence-corrected chi connectivity index (χ1v) is 7.35. The SMILES string of the molecule is CC(C)N(C(=O)n1nnn(-c2ccccc2Cl)c1=O)C(C)C. The number of hydrogen-bond donors (Lipinski definition) is 0. The van der Waals surface area contributed by atoms with E-state index in [1.165, 1.54) is 0 Å². The van der Waals surface area contributed by atoms with Crippen LogP contribution in [0.4, 0.5) is 4.79 Å². The standard InChI is InChI=1S/C14H18ClN5O2/c1-9(2)18(10(3)4)13(21)20-14(22)19(16-17-20)12-8-6-5-7-11(12)15/h5-10H,1-4H3. The Morgan fingerprint density at radius 3 is 2.27 bits per heavy atom. The van der Waals surface area contributed by atoms with Crippen LogP contribution in [-0.4, -0.2) is 42.8 Å². The van der Waals surface area contributed by atoms with Crippen LogP contribution >= 0.6 is 11.6 Å². The predicted molar refractivity (Wildman–Crippen MR) is 83.5 cm³/mol. The van der Waals surface area contributed by atoms with Crippen molar-refractivity contribution in [2.45, 2.75) is 39.8 Å². The molecule has 0 radical (unpaired) electrons. The normalized spacial score (nSPS) is 11.2. The minimum atomic E-state index is -0.649. The van der Waals surface area contributed by atoms with E-state index in [0.717, 1.165) is 9.36 Å². The van der Waals surface area contributed by atoms with Gasteiger partial charge >= 0.3 is 11.7 Å². The van der Waals surface area contributed by atoms with E-state index in [1.54, 1.807) is 29.2 Å². The van der Waals surface area contributed by atoms with Gasteiger partial charge in [0.1, 0.15) is 0 Å². The van der Waals surface area contributed by atoms with Gasteiger partial charge in [0.2, 0.25) is 0 Å². The van der Waals surface area contributed by atoms with Crippen molar-refractivity contribution in [1.29, 1.82) is 0 Å². The van der Waals surface area contributed by atoms with Gasteiger partial charge < -0.3 is 4.90 Å². The van der Waals surface area contributed by atoms with Gasteiger partial charge in [0, 0.05) is 12.1 Å². The van der Waals surface area contributed by atoms with Crippen LogP contribution in [0.2, 0.25) is 5.02 Å². The van der Waals surface area contributed by atoms with Gasteiger partial charge in [-0.3, -0.25) is 0 Å². The van der Waals surface area contributed by atoms with Crippen LogP contribution in [0.1, 0.15) is 27.7 Å². The van der Waals surface area contributed by atoms with Crippen LogP contribution < -0.4 is 5.69 Å². The zero-order valence-electron chi connectivity index (χ0n) is 12.9. The number of tetrazole rings is 1. The molecular weight excluding hydrogens is 306 g/mol. The number of aromatic nitrogens is 4. The molecule has 0 bridgehead atoms. The van der Waals surface area contributed by atoms with E-state index in [4.69, 9.17) is 11.6 Å². The molecular formula is C14H18ClN5O2. The van der Waals surface area contributed by atoms with Crippen molar-refractivity contribution in [3.63, 3.8) is 0 Å². The average molecular weight is 324 g/mol. The lowest BCUT2D eigenvalue weighted by Crippen LogP contribution is -2.47. The first kappa shape index (κ1) is 16.2. The second-order valence-electron chi connectivity index (χ2n) is 5.41. The van der Waals surface area contributed by atoms with E-state index in [0.29, 0.717) is 10.7 Å². The third-order valence-corrected chi connectivity index (χ3v) is 3.50. The molecule has 0 fully saturated rings. The number of rotatable bonds is 3. The third-order valence-electron chi connectivity index (χ3n) is 3.18. The Kier molecular flexibility index (Phi) is 4.65. The lowest BCUT2D eigenvalue weighted by Gasteiger charge is -2.29. The molecule has 8 heteroatoms. The molecule has 0 saturated carbocycles. The number of carbonyl (C=O) groups excluding carboxylic acids is 1. The third kappa shape index (κ3) is 2.89. The van der Waals surface area contributed by atoms with Crippen LogP contribution in [-0.2, 0) is 0 Å². The fourth-order valence-electron chi connectivity index (χ4n) is 2.29. The molecule has 7 nitrogen and oxygen atoms in total. The van der Waals surface area contributed by atoms with Gasteiger partial charge in [0.25, 0.3) is 0 Å². The van der Waals surface area contributed by atoms with Gasteiger partial charge in [0.05, 0.1) is 10.7 Å². The quantitative estimate of drug-likeness (QED) is 0.811. The van der Waals surface area contributed by atoms with Crippen molar-refractivity contribution in [3.05, 3.63) is 39.8 Å². The first-order chi connectivity index (χ1) is 10.3. The molecule has 0 aliphatic heterocycles. The average Bonchev–Trinajstić information content (AvgIpc) is 2.80. The van der Waals surface area contributed by atoms with Gasteiger partial charge in [-0.25, -0.2) is 9.59 Å². The van der Waals surface area contributed by atoms with E-state index >= 15 is 0 Å². The number of halogens is 1. The molecule has 0 atom stereocenters. The minimum Gasteiger partial charge on any atom is -0.318 e. The molecule has 2 aromatic rings. The van der Waals surface area contributed by atoms with Crippen molar-refractivity contribution in [1.82, 2.24) is 24.7 Å². The summed E-state index contributed by atoms with van der Waals surface area (Å²) in [7, 11) is 0. The minimum absolute atomic E-state index is 0.0649. The number of nitrogens with zero attached hydrogens (tertiary/aromatic N) is 5. The number of carbonyl (C=O) groups is 1. The van der Waals surface area contributed by atoms with E-state index in [9.17, 15) is 9.59 Å². The second-order valence-corrected chi connectivity index (χ2v) is 5.82. The molecule has 0 aliphatic rings. The molecule has 22 heavy (non-hydrogen) atoms. The van der Waals surface area contributed by atoms with Crippen LogP contribution in [0.15, 0.2) is 29.1 Å². The molecule has 1 heterocycles. The summed E-state index contributed by atoms with van der Waals surface area (Å²) in [6, 6.07) is 6.10. The van der Waals surface area contributed by atoms with Crippen LogP contribution in [0.5, 0.6) is 0 Å². The molecule has 2 rings (SSSR count). The summed E-state index contributed by atoms with van der Waals surface area (Å²) in [5.41, 5.74) is -0.265. The largest absolute Gasteiger partial charge is 0.377 e. The summed E-state index contributed by atoms with van der Waals surface area (Å²) in [4.78, 5) is 26.5. The monoisotopic (exact) mass is 323 g/mol. The number of para-hydroxylation sites is 1. The maximum Gasteiger partial charge on any atom is 0.377 e. The highest BCUT2D eigenvalue weighted by Gasteiger charge is 2.26.